The minimum atomic E-state index is 0.216. The van der Waals surface area contributed by atoms with E-state index < -0.39 is 0 Å². The van der Waals surface area contributed by atoms with Crippen LogP contribution in [-0.4, -0.2) is 13.7 Å². The fraction of sp³-hybridized carbons (Fsp3) is 0.0256. The van der Waals surface area contributed by atoms with Gasteiger partial charge in [-0.25, -0.2) is 0 Å². The Labute approximate surface area is 468 Å². The summed E-state index contributed by atoms with van der Waals surface area (Å²) in [5.41, 5.74) is 24.6. The van der Waals surface area contributed by atoms with Crippen LogP contribution < -0.4 is 0 Å². The minimum absolute atomic E-state index is 0.216. The number of allylic oxidation sites excluding steroid dienone is 7. The number of fused-ring (bicyclic) bond motifs is 7. The molecule has 0 aliphatic heterocycles. The molecule has 0 amide bonds. The van der Waals surface area contributed by atoms with Gasteiger partial charge in [0.05, 0.1) is 33.5 Å². The fourth-order valence-electron chi connectivity index (χ4n) is 14.7. The highest BCUT2D eigenvalue weighted by Gasteiger charge is 2.35. The molecular formula is C78H49N3. The maximum absolute atomic E-state index is 2.62. The van der Waals surface area contributed by atoms with Crippen LogP contribution in [0.2, 0.25) is 0 Å². The van der Waals surface area contributed by atoms with E-state index in [4.69, 9.17) is 0 Å². The number of aromatic nitrogens is 3. The highest BCUT2D eigenvalue weighted by molar-refractivity contribution is 6.31. The van der Waals surface area contributed by atoms with Crippen molar-refractivity contribution in [3.8, 4) is 61.8 Å². The Kier molecular flexibility index (Phi) is 9.34. The molecule has 12 aromatic carbocycles. The van der Waals surface area contributed by atoms with E-state index in [0.29, 0.717) is 0 Å². The number of hydrogen-bond donors (Lipinski definition) is 0. The Balaban J connectivity index is 0.978. The first-order valence-corrected chi connectivity index (χ1v) is 28.3. The van der Waals surface area contributed by atoms with E-state index in [1.54, 1.807) is 0 Å². The standard InChI is InChI=1S/C78H49N3/c1-6-18-48(19-7-1)73-65-44-56-34-32-50-26-16-28-52-36-40-61(71(56)69(50)52)77(65)80(75(73)54-22-10-3-11-23-54)59-38-42-67-63(46-59)64-47-60(39-43-68(64)79(67)58-30-14-5-15-31-58)81-76(55-24-12-4-13-25-55)74(49-20-8-2-9-21-49)66-45-57-35-33-51-27-17-29-53-37-41-62(78(66)81)72(57)70(51)53/h1-34,36-47,70H,35H2. The zero-order valence-corrected chi connectivity index (χ0v) is 44.2. The lowest BCUT2D eigenvalue weighted by Crippen LogP contribution is -2.18. The number of benzene rings is 12. The summed E-state index contributed by atoms with van der Waals surface area (Å²) in [6, 6.07) is 90.7. The molecule has 0 saturated heterocycles. The summed E-state index contributed by atoms with van der Waals surface area (Å²) in [7, 11) is 0. The molecule has 1 unspecified atom stereocenters. The van der Waals surface area contributed by atoms with Crippen molar-refractivity contribution >= 4 is 82.0 Å². The van der Waals surface area contributed by atoms with Crippen molar-refractivity contribution in [3.63, 3.8) is 0 Å². The van der Waals surface area contributed by atoms with Crippen LogP contribution in [-0.2, 0) is 6.42 Å². The van der Waals surface area contributed by atoms with Crippen LogP contribution in [0.4, 0.5) is 0 Å². The van der Waals surface area contributed by atoms with Crippen LogP contribution in [0.3, 0.4) is 0 Å². The summed E-state index contributed by atoms with van der Waals surface area (Å²) in [4.78, 5) is 0. The summed E-state index contributed by atoms with van der Waals surface area (Å²) in [6.45, 7) is 0. The van der Waals surface area contributed by atoms with Gasteiger partial charge >= 0.3 is 0 Å². The highest BCUT2D eigenvalue weighted by Crippen LogP contribution is 2.54. The maximum Gasteiger partial charge on any atom is 0.0620 e. The fourth-order valence-corrected chi connectivity index (χ4v) is 14.7. The predicted octanol–water partition coefficient (Wildman–Crippen LogP) is 20.3. The molecule has 0 fully saturated rings. The van der Waals surface area contributed by atoms with Crippen molar-refractivity contribution in [2.75, 3.05) is 0 Å². The molecule has 3 heteroatoms. The van der Waals surface area contributed by atoms with Crippen molar-refractivity contribution in [3.05, 3.63) is 301 Å². The van der Waals surface area contributed by atoms with E-state index in [0.717, 1.165) is 34.5 Å². The molecule has 0 radical (unpaired) electrons. The van der Waals surface area contributed by atoms with Crippen LogP contribution >= 0.6 is 0 Å². The maximum atomic E-state index is 2.62. The van der Waals surface area contributed by atoms with E-state index >= 15 is 0 Å². The van der Waals surface area contributed by atoms with Crippen LogP contribution in [0.5, 0.6) is 0 Å². The second kappa shape index (κ2) is 17.0. The molecule has 15 aromatic rings. The van der Waals surface area contributed by atoms with Crippen LogP contribution in [0.15, 0.2) is 284 Å². The Morgan fingerprint density at radius 2 is 0.889 bits per heavy atom. The lowest BCUT2D eigenvalue weighted by Gasteiger charge is -2.33. The van der Waals surface area contributed by atoms with Gasteiger partial charge in [-0.3, -0.25) is 0 Å². The molecule has 376 valence electrons. The third-order valence-corrected chi connectivity index (χ3v) is 18.0. The molecule has 3 aromatic heterocycles. The number of nitrogens with zero attached hydrogens (tertiary/aromatic N) is 3. The Morgan fingerprint density at radius 1 is 0.346 bits per heavy atom. The van der Waals surface area contributed by atoms with Crippen LogP contribution in [0.1, 0.15) is 22.6 Å². The van der Waals surface area contributed by atoms with E-state index in [1.807, 2.05) is 0 Å². The van der Waals surface area contributed by atoms with Crippen LogP contribution in [0, 0.1) is 0 Å². The third kappa shape index (κ3) is 6.34. The summed E-state index contributed by atoms with van der Waals surface area (Å²) in [5.74, 6) is 0.216. The van der Waals surface area contributed by atoms with E-state index in [1.165, 1.54) is 138 Å². The van der Waals surface area contributed by atoms with E-state index in [9.17, 15) is 0 Å². The molecular weight excluding hydrogens is 979 g/mol. The lowest BCUT2D eigenvalue weighted by atomic mass is 9.70. The van der Waals surface area contributed by atoms with Gasteiger partial charge in [0, 0.05) is 66.6 Å². The normalized spacial score (nSPS) is 14.5. The molecule has 18 rings (SSSR count). The van der Waals surface area contributed by atoms with Crippen molar-refractivity contribution in [1.82, 2.24) is 13.7 Å². The molecule has 3 aliphatic rings. The van der Waals surface area contributed by atoms with Crippen molar-refractivity contribution < 1.29 is 0 Å². The van der Waals surface area contributed by atoms with Gasteiger partial charge in [-0.2, -0.15) is 0 Å². The van der Waals surface area contributed by atoms with Crippen LogP contribution in [0.25, 0.3) is 144 Å². The number of para-hydroxylation sites is 1. The number of hydrogen-bond acceptors (Lipinski definition) is 0. The Hall–Kier alpha value is -10.5. The lowest BCUT2D eigenvalue weighted by molar-refractivity contribution is 0.894. The van der Waals surface area contributed by atoms with Gasteiger partial charge < -0.3 is 13.7 Å². The Bertz CT molecular complexity index is 5240. The summed E-state index contributed by atoms with van der Waals surface area (Å²) in [5, 5.41) is 12.5. The quantitative estimate of drug-likeness (QED) is 0.141. The molecule has 1 atom stereocenters. The van der Waals surface area contributed by atoms with Gasteiger partial charge in [0.15, 0.2) is 0 Å². The molecule has 3 heterocycles. The molecule has 3 nitrogen and oxygen atoms in total. The van der Waals surface area contributed by atoms with Crippen molar-refractivity contribution in [2.45, 2.75) is 12.3 Å². The van der Waals surface area contributed by atoms with Gasteiger partial charge in [-0.05, 0) is 139 Å². The first-order valence-electron chi connectivity index (χ1n) is 28.3. The third-order valence-electron chi connectivity index (χ3n) is 18.0. The predicted molar refractivity (Wildman–Crippen MR) is 341 cm³/mol. The van der Waals surface area contributed by atoms with Gasteiger partial charge in [0.2, 0.25) is 0 Å². The summed E-state index contributed by atoms with van der Waals surface area (Å²) >= 11 is 0. The SMILES string of the molecule is C1=CC2=CCc3cc4c(-c5ccccc5)c(-c5ccccc5)n(-c5ccc6c(c5)c5cc(-n7c(-c8ccccc8)c(-c8ccccc8)c8cc9ccc%10cccc%11ccc(c9c%10%11)c87)ccc5n6-c5ccccc5)c4c4c3C2C(=C1)C=C4. The van der Waals surface area contributed by atoms with Gasteiger partial charge in [0.1, 0.15) is 0 Å². The van der Waals surface area contributed by atoms with Crippen molar-refractivity contribution in [2.24, 2.45) is 0 Å². The molecule has 81 heavy (non-hydrogen) atoms. The minimum Gasteiger partial charge on any atom is -0.309 e. The molecule has 0 bridgehead atoms. The average Bonchev–Trinajstić information content (AvgIpc) is 4.41. The molecule has 0 N–H and O–H groups in total. The van der Waals surface area contributed by atoms with E-state index in [2.05, 4.69) is 293 Å². The van der Waals surface area contributed by atoms with Gasteiger partial charge in [-0.15, -0.1) is 0 Å². The first kappa shape index (κ1) is 44.5. The van der Waals surface area contributed by atoms with Crippen molar-refractivity contribution in [1.29, 1.82) is 0 Å². The topological polar surface area (TPSA) is 14.8 Å². The highest BCUT2D eigenvalue weighted by atomic mass is 15.0. The zero-order chi connectivity index (χ0) is 52.9. The summed E-state index contributed by atoms with van der Waals surface area (Å²) in [6.07, 6.45) is 15.0. The average molecular weight is 1030 g/mol. The monoisotopic (exact) mass is 1030 g/mol. The molecule has 0 spiro atoms. The Morgan fingerprint density at radius 3 is 1.51 bits per heavy atom. The van der Waals surface area contributed by atoms with E-state index in [-0.39, 0.29) is 5.92 Å². The first-order chi connectivity index (χ1) is 40.2. The number of rotatable bonds is 7. The molecule has 3 aliphatic carbocycles. The second-order valence-corrected chi connectivity index (χ2v) is 22.2. The van der Waals surface area contributed by atoms with Gasteiger partial charge in [0.25, 0.3) is 0 Å². The molecule has 0 saturated carbocycles. The second-order valence-electron chi connectivity index (χ2n) is 22.2. The largest absolute Gasteiger partial charge is 0.309 e. The zero-order valence-electron chi connectivity index (χ0n) is 44.2. The van der Waals surface area contributed by atoms with Gasteiger partial charge in [-0.1, -0.05) is 218 Å². The summed E-state index contributed by atoms with van der Waals surface area (Å²) < 4.78 is 7.68. The smallest absolute Gasteiger partial charge is 0.0620 e.